The van der Waals surface area contributed by atoms with Gasteiger partial charge < -0.3 is 4.74 Å². The van der Waals surface area contributed by atoms with E-state index in [4.69, 9.17) is 4.74 Å². The first-order valence-corrected chi connectivity index (χ1v) is 7.10. The molecule has 1 aromatic heterocycles. The summed E-state index contributed by atoms with van der Waals surface area (Å²) in [6, 6.07) is 5.33. The van der Waals surface area contributed by atoms with Gasteiger partial charge in [-0.05, 0) is 18.6 Å². The fourth-order valence-corrected chi connectivity index (χ4v) is 2.40. The summed E-state index contributed by atoms with van der Waals surface area (Å²) in [5, 5.41) is 0. The molecule has 21 heavy (non-hydrogen) atoms. The van der Waals surface area contributed by atoms with Crippen LogP contribution in [-0.2, 0) is 11.3 Å². The Kier molecular flexibility index (Phi) is 4.22. The second-order valence-electron chi connectivity index (χ2n) is 5.21. The highest BCUT2D eigenvalue weighted by molar-refractivity contribution is 5.61. The van der Waals surface area contributed by atoms with Crippen molar-refractivity contribution in [2.45, 2.75) is 13.5 Å². The molecular formula is C16H18FN3O. The number of benzene rings is 1. The molecule has 4 nitrogen and oxygen atoms in total. The fraction of sp³-hybridized carbons (Fsp3) is 0.375. The lowest BCUT2D eigenvalue weighted by Gasteiger charge is -2.26. The smallest absolute Gasteiger partial charge is 0.128 e. The molecule has 3 rings (SSSR count). The number of halogens is 1. The van der Waals surface area contributed by atoms with E-state index >= 15 is 0 Å². The zero-order valence-electron chi connectivity index (χ0n) is 12.1. The lowest BCUT2D eigenvalue weighted by Crippen LogP contribution is -2.35. The fourth-order valence-electron chi connectivity index (χ4n) is 2.40. The van der Waals surface area contributed by atoms with Gasteiger partial charge in [-0.1, -0.05) is 12.1 Å². The lowest BCUT2D eigenvalue weighted by atomic mass is 10.1. The third-order valence-electron chi connectivity index (χ3n) is 3.66. The molecule has 2 aromatic rings. The van der Waals surface area contributed by atoms with Gasteiger partial charge in [0.2, 0.25) is 0 Å². The van der Waals surface area contributed by atoms with Crippen LogP contribution in [0.2, 0.25) is 0 Å². The van der Waals surface area contributed by atoms with Crippen LogP contribution in [0.5, 0.6) is 0 Å². The summed E-state index contributed by atoms with van der Waals surface area (Å²) in [6.45, 7) is 5.61. The van der Waals surface area contributed by atoms with Crippen molar-refractivity contribution >= 4 is 0 Å². The summed E-state index contributed by atoms with van der Waals surface area (Å²) < 4.78 is 19.6. The highest BCUT2D eigenvalue weighted by atomic mass is 19.1. The number of ether oxygens (including phenoxy) is 1. The molecule has 0 radical (unpaired) electrons. The normalized spacial score (nSPS) is 16.1. The van der Waals surface area contributed by atoms with Crippen molar-refractivity contribution in [1.82, 2.24) is 14.9 Å². The molecule has 5 heteroatoms. The van der Waals surface area contributed by atoms with Crippen molar-refractivity contribution in [3.63, 3.8) is 0 Å². The summed E-state index contributed by atoms with van der Waals surface area (Å²) >= 11 is 0. The predicted octanol–water partition coefficient (Wildman–Crippen LogP) is 2.42. The Labute approximate surface area is 123 Å². The summed E-state index contributed by atoms with van der Waals surface area (Å²) in [6.07, 6.45) is 3.44. The molecule has 0 aliphatic carbocycles. The van der Waals surface area contributed by atoms with Crippen LogP contribution in [0.25, 0.3) is 11.1 Å². The quantitative estimate of drug-likeness (QED) is 0.869. The zero-order valence-corrected chi connectivity index (χ0v) is 12.1. The molecule has 1 fully saturated rings. The van der Waals surface area contributed by atoms with E-state index in [0.29, 0.717) is 17.9 Å². The van der Waals surface area contributed by atoms with Gasteiger partial charge in [0, 0.05) is 43.2 Å². The molecule has 1 saturated heterocycles. The van der Waals surface area contributed by atoms with E-state index in [-0.39, 0.29) is 5.82 Å². The van der Waals surface area contributed by atoms with Crippen molar-refractivity contribution in [3.05, 3.63) is 47.8 Å². The first-order chi connectivity index (χ1) is 10.2. The minimum absolute atomic E-state index is 0.181. The van der Waals surface area contributed by atoms with Crippen LogP contribution >= 0.6 is 0 Å². The van der Waals surface area contributed by atoms with Crippen LogP contribution in [0.15, 0.2) is 30.6 Å². The molecule has 0 spiro atoms. The van der Waals surface area contributed by atoms with Gasteiger partial charge in [0.25, 0.3) is 0 Å². The Morgan fingerprint density at radius 3 is 2.52 bits per heavy atom. The molecule has 1 aromatic carbocycles. The van der Waals surface area contributed by atoms with Crippen LogP contribution in [0.3, 0.4) is 0 Å². The van der Waals surface area contributed by atoms with Crippen molar-refractivity contribution in [1.29, 1.82) is 0 Å². The number of rotatable bonds is 3. The average Bonchev–Trinajstić information content (AvgIpc) is 2.51. The van der Waals surface area contributed by atoms with Gasteiger partial charge in [0.1, 0.15) is 11.6 Å². The Balaban J connectivity index is 1.77. The maximum Gasteiger partial charge on any atom is 0.128 e. The molecule has 2 heterocycles. The predicted molar refractivity (Wildman–Crippen MR) is 78.3 cm³/mol. The van der Waals surface area contributed by atoms with E-state index in [1.54, 1.807) is 18.5 Å². The molecule has 1 aliphatic rings. The van der Waals surface area contributed by atoms with Crippen molar-refractivity contribution in [3.8, 4) is 11.1 Å². The summed E-state index contributed by atoms with van der Waals surface area (Å²) in [7, 11) is 0. The van der Waals surface area contributed by atoms with Crippen LogP contribution in [0.4, 0.5) is 4.39 Å². The molecule has 0 bridgehead atoms. The molecule has 1 aliphatic heterocycles. The Hall–Kier alpha value is -1.85. The molecule has 0 unspecified atom stereocenters. The average molecular weight is 287 g/mol. The molecule has 0 atom stereocenters. The van der Waals surface area contributed by atoms with Crippen molar-refractivity contribution in [2.75, 3.05) is 26.3 Å². The van der Waals surface area contributed by atoms with Crippen LogP contribution in [-0.4, -0.2) is 41.2 Å². The van der Waals surface area contributed by atoms with Gasteiger partial charge in [0.15, 0.2) is 0 Å². The zero-order chi connectivity index (χ0) is 14.7. The van der Waals surface area contributed by atoms with Gasteiger partial charge in [-0.15, -0.1) is 0 Å². The Bertz CT molecular complexity index is 609. The third kappa shape index (κ3) is 3.43. The van der Waals surface area contributed by atoms with Crippen LogP contribution in [0, 0.1) is 12.7 Å². The molecule has 110 valence electrons. The lowest BCUT2D eigenvalue weighted by molar-refractivity contribution is 0.0337. The molecule has 0 saturated carbocycles. The number of aromatic nitrogens is 2. The summed E-state index contributed by atoms with van der Waals surface area (Å²) in [4.78, 5) is 10.5. The van der Waals surface area contributed by atoms with Gasteiger partial charge in [-0.25, -0.2) is 14.4 Å². The summed E-state index contributed by atoms with van der Waals surface area (Å²) in [5.41, 5.74) is 2.35. The maximum atomic E-state index is 14.3. The number of hydrogen-bond donors (Lipinski definition) is 0. The molecule has 0 N–H and O–H groups in total. The van der Waals surface area contributed by atoms with E-state index in [2.05, 4.69) is 14.9 Å². The molecular weight excluding hydrogens is 269 g/mol. The SMILES string of the molecule is Cc1ncc(-c2ccc(CN3CCOCC3)c(F)c2)cn1. The van der Waals surface area contributed by atoms with Gasteiger partial charge in [0.05, 0.1) is 13.2 Å². The number of aryl methyl sites for hydroxylation is 1. The second kappa shape index (κ2) is 6.28. The largest absolute Gasteiger partial charge is 0.379 e. The van der Waals surface area contributed by atoms with Crippen LogP contribution < -0.4 is 0 Å². The third-order valence-corrected chi connectivity index (χ3v) is 3.66. The van der Waals surface area contributed by atoms with Gasteiger partial charge in [-0.3, -0.25) is 4.90 Å². The number of nitrogens with zero attached hydrogens (tertiary/aromatic N) is 3. The highest BCUT2D eigenvalue weighted by Gasteiger charge is 2.13. The minimum atomic E-state index is -0.181. The monoisotopic (exact) mass is 287 g/mol. The van der Waals surface area contributed by atoms with E-state index in [9.17, 15) is 4.39 Å². The minimum Gasteiger partial charge on any atom is -0.379 e. The topological polar surface area (TPSA) is 38.2 Å². The maximum absolute atomic E-state index is 14.3. The molecule has 0 amide bonds. The van der Waals surface area contributed by atoms with E-state index in [0.717, 1.165) is 37.4 Å². The van der Waals surface area contributed by atoms with Crippen LogP contribution in [0.1, 0.15) is 11.4 Å². The van der Waals surface area contributed by atoms with Gasteiger partial charge in [-0.2, -0.15) is 0 Å². The van der Waals surface area contributed by atoms with E-state index in [1.807, 2.05) is 19.1 Å². The van der Waals surface area contributed by atoms with E-state index in [1.165, 1.54) is 0 Å². The number of morpholine rings is 1. The van der Waals surface area contributed by atoms with E-state index < -0.39 is 0 Å². The standard InChI is InChI=1S/C16H18FN3O/c1-12-18-9-15(10-19-12)13-2-3-14(16(17)8-13)11-20-4-6-21-7-5-20/h2-3,8-10H,4-7,11H2,1H3. The first-order valence-electron chi connectivity index (χ1n) is 7.10. The van der Waals surface area contributed by atoms with Gasteiger partial charge >= 0.3 is 0 Å². The van der Waals surface area contributed by atoms with Crippen molar-refractivity contribution in [2.24, 2.45) is 0 Å². The first kappa shape index (κ1) is 14.1. The number of hydrogen-bond acceptors (Lipinski definition) is 4. The second-order valence-corrected chi connectivity index (χ2v) is 5.21. The summed E-state index contributed by atoms with van der Waals surface area (Å²) in [5.74, 6) is 0.530. The highest BCUT2D eigenvalue weighted by Crippen LogP contribution is 2.21. The van der Waals surface area contributed by atoms with Crippen molar-refractivity contribution < 1.29 is 9.13 Å². The Morgan fingerprint density at radius 2 is 1.86 bits per heavy atom. The Morgan fingerprint density at radius 1 is 1.14 bits per heavy atom.